The fourth-order valence-corrected chi connectivity index (χ4v) is 6.58. The van der Waals surface area contributed by atoms with Gasteiger partial charge in [-0.3, -0.25) is 9.97 Å². The molecule has 2 aliphatic rings. The average Bonchev–Trinajstić information content (AvgIpc) is 3.72. The number of fused-ring (bicyclic) bond motifs is 5. The first kappa shape index (κ1) is 26.3. The summed E-state index contributed by atoms with van der Waals surface area (Å²) >= 11 is 0. The molecule has 1 N–H and O–H groups in total. The number of anilines is 1. The SMILES string of the molecule is C1=Cc2c(n(-c3cccc(-c4cc(-c5ccncc5)nc(-c5ccncc5)n4)c3)c3ccc4c(c23)OC(c2ccccc2)N4)CC1. The maximum atomic E-state index is 6.64. The van der Waals surface area contributed by atoms with Crippen LogP contribution in [0, 0.1) is 0 Å². The Morgan fingerprint density at radius 1 is 0.717 bits per heavy atom. The van der Waals surface area contributed by atoms with E-state index in [1.165, 1.54) is 11.3 Å². The Kier molecular flexibility index (Phi) is 6.19. The number of hydrogen-bond donors (Lipinski definition) is 1. The number of hydrogen-bond acceptors (Lipinski definition) is 6. The first-order chi connectivity index (χ1) is 22.8. The lowest BCUT2D eigenvalue weighted by Crippen LogP contribution is -2.09. The zero-order valence-corrected chi connectivity index (χ0v) is 24.8. The van der Waals surface area contributed by atoms with Gasteiger partial charge in [0.2, 0.25) is 0 Å². The molecule has 1 aliphatic heterocycles. The topological polar surface area (TPSA) is 77.8 Å². The monoisotopic (exact) mass is 596 g/mol. The molecule has 7 heteroatoms. The predicted octanol–water partition coefficient (Wildman–Crippen LogP) is 8.67. The summed E-state index contributed by atoms with van der Waals surface area (Å²) in [5.41, 5.74) is 11.4. The van der Waals surface area contributed by atoms with E-state index < -0.39 is 0 Å². The molecule has 0 radical (unpaired) electrons. The van der Waals surface area contributed by atoms with Crippen LogP contribution in [0.3, 0.4) is 0 Å². The summed E-state index contributed by atoms with van der Waals surface area (Å²) in [7, 11) is 0. The molecule has 220 valence electrons. The molecule has 4 aromatic heterocycles. The van der Waals surface area contributed by atoms with Crippen molar-refractivity contribution >= 4 is 22.7 Å². The second-order valence-corrected chi connectivity index (χ2v) is 11.5. The highest BCUT2D eigenvalue weighted by Crippen LogP contribution is 2.48. The third-order valence-electron chi connectivity index (χ3n) is 8.72. The minimum atomic E-state index is -0.223. The fourth-order valence-electron chi connectivity index (χ4n) is 6.58. The molecule has 0 saturated carbocycles. The smallest absolute Gasteiger partial charge is 0.196 e. The van der Waals surface area contributed by atoms with Crippen molar-refractivity contribution in [2.24, 2.45) is 0 Å². The predicted molar refractivity (Wildman–Crippen MR) is 182 cm³/mol. The molecule has 0 amide bonds. The van der Waals surface area contributed by atoms with Crippen LogP contribution < -0.4 is 10.1 Å². The Morgan fingerprint density at radius 2 is 1.48 bits per heavy atom. The van der Waals surface area contributed by atoms with Crippen molar-refractivity contribution in [2.75, 3.05) is 5.32 Å². The Balaban J connectivity index is 1.19. The van der Waals surface area contributed by atoms with E-state index in [1.807, 2.05) is 42.5 Å². The Labute approximate surface area is 265 Å². The van der Waals surface area contributed by atoms with Gasteiger partial charge in [-0.25, -0.2) is 9.97 Å². The lowest BCUT2D eigenvalue weighted by atomic mass is 10.0. The van der Waals surface area contributed by atoms with Gasteiger partial charge < -0.3 is 14.6 Å². The van der Waals surface area contributed by atoms with Gasteiger partial charge in [0.1, 0.15) is 0 Å². The number of rotatable bonds is 5. The third-order valence-corrected chi connectivity index (χ3v) is 8.72. The standard InChI is InChI=1S/C39H28N6O/c1-2-7-27(8-3-1)39-44-31-13-14-35-36(37(31)46-39)30-11-4-5-12-34(30)45(35)29-10-6-9-28(23-29)33-24-32(25-15-19-40-20-16-25)42-38(43-33)26-17-21-41-22-18-26/h1-4,6-11,13-24,39,44H,5,12H2. The summed E-state index contributed by atoms with van der Waals surface area (Å²) in [6.45, 7) is 0. The van der Waals surface area contributed by atoms with Gasteiger partial charge in [-0.15, -0.1) is 0 Å². The number of benzene rings is 3. The van der Waals surface area contributed by atoms with E-state index in [0.717, 1.165) is 74.5 Å². The molecule has 5 heterocycles. The van der Waals surface area contributed by atoms with Gasteiger partial charge in [0, 0.05) is 64.0 Å². The number of ether oxygens (including phenoxy) is 1. The van der Waals surface area contributed by atoms with Crippen LogP contribution in [-0.4, -0.2) is 24.5 Å². The molecule has 1 atom stereocenters. The number of nitrogens with zero attached hydrogens (tertiary/aromatic N) is 5. The minimum absolute atomic E-state index is 0.223. The largest absolute Gasteiger partial charge is 0.464 e. The van der Waals surface area contributed by atoms with Crippen LogP contribution >= 0.6 is 0 Å². The van der Waals surface area contributed by atoms with Crippen molar-refractivity contribution in [3.05, 3.63) is 145 Å². The first-order valence-electron chi connectivity index (χ1n) is 15.5. The Morgan fingerprint density at radius 3 is 2.28 bits per heavy atom. The highest BCUT2D eigenvalue weighted by molar-refractivity contribution is 6.02. The second kappa shape index (κ2) is 10.8. The van der Waals surface area contributed by atoms with Gasteiger partial charge in [0.25, 0.3) is 0 Å². The summed E-state index contributed by atoms with van der Waals surface area (Å²) in [5, 5.41) is 4.73. The molecule has 1 unspecified atom stereocenters. The van der Waals surface area contributed by atoms with Crippen LogP contribution in [0.2, 0.25) is 0 Å². The average molecular weight is 597 g/mol. The van der Waals surface area contributed by atoms with E-state index in [1.54, 1.807) is 24.8 Å². The van der Waals surface area contributed by atoms with Gasteiger partial charge in [-0.1, -0.05) is 54.6 Å². The van der Waals surface area contributed by atoms with E-state index in [9.17, 15) is 0 Å². The highest BCUT2D eigenvalue weighted by atomic mass is 16.5. The summed E-state index contributed by atoms with van der Waals surface area (Å²) < 4.78 is 9.04. The molecule has 7 aromatic rings. The molecule has 3 aromatic carbocycles. The van der Waals surface area contributed by atoms with Gasteiger partial charge in [-0.05, 0) is 67.4 Å². The van der Waals surface area contributed by atoms with E-state index in [4.69, 9.17) is 14.7 Å². The van der Waals surface area contributed by atoms with E-state index >= 15 is 0 Å². The highest BCUT2D eigenvalue weighted by Gasteiger charge is 2.30. The fraction of sp³-hybridized carbons (Fsp3) is 0.0769. The van der Waals surface area contributed by atoms with E-state index in [0.29, 0.717) is 5.82 Å². The lowest BCUT2D eigenvalue weighted by Gasteiger charge is -2.15. The summed E-state index contributed by atoms with van der Waals surface area (Å²) in [6.07, 6.45) is 13.4. The van der Waals surface area contributed by atoms with Crippen molar-refractivity contribution in [1.29, 1.82) is 0 Å². The first-order valence-corrected chi connectivity index (χ1v) is 15.5. The van der Waals surface area contributed by atoms with Crippen LogP contribution in [0.25, 0.3) is 56.6 Å². The Bertz CT molecular complexity index is 2200. The molecule has 1 aliphatic carbocycles. The third kappa shape index (κ3) is 4.44. The Hall–Kier alpha value is -6.08. The van der Waals surface area contributed by atoms with Crippen LogP contribution in [0.15, 0.2) is 128 Å². The van der Waals surface area contributed by atoms with Crippen molar-refractivity contribution in [2.45, 2.75) is 19.1 Å². The number of nitrogens with one attached hydrogen (secondary N) is 1. The molecule has 0 bridgehead atoms. The maximum Gasteiger partial charge on any atom is 0.196 e. The molecule has 9 rings (SSSR count). The van der Waals surface area contributed by atoms with Crippen LogP contribution in [0.4, 0.5) is 5.69 Å². The van der Waals surface area contributed by atoms with Crippen LogP contribution in [-0.2, 0) is 6.42 Å². The molecule has 7 nitrogen and oxygen atoms in total. The van der Waals surface area contributed by atoms with Crippen molar-refractivity contribution in [1.82, 2.24) is 24.5 Å². The number of aromatic nitrogens is 5. The zero-order chi connectivity index (χ0) is 30.5. The van der Waals surface area contributed by atoms with Crippen molar-refractivity contribution in [3.8, 4) is 45.3 Å². The molecule has 46 heavy (non-hydrogen) atoms. The van der Waals surface area contributed by atoms with Crippen molar-refractivity contribution < 1.29 is 4.74 Å². The summed E-state index contributed by atoms with van der Waals surface area (Å²) in [4.78, 5) is 18.4. The summed E-state index contributed by atoms with van der Waals surface area (Å²) in [6, 6.07) is 33.2. The van der Waals surface area contributed by atoms with Gasteiger partial charge in [0.05, 0.1) is 28.0 Å². The van der Waals surface area contributed by atoms with Gasteiger partial charge in [0.15, 0.2) is 17.8 Å². The van der Waals surface area contributed by atoms with E-state index in [-0.39, 0.29) is 6.23 Å². The zero-order valence-electron chi connectivity index (χ0n) is 24.8. The van der Waals surface area contributed by atoms with E-state index in [2.05, 4.69) is 86.6 Å². The molecular formula is C39H28N6O. The second-order valence-electron chi connectivity index (χ2n) is 11.5. The van der Waals surface area contributed by atoms with Crippen molar-refractivity contribution in [3.63, 3.8) is 0 Å². The van der Waals surface area contributed by atoms with Gasteiger partial charge >= 0.3 is 0 Å². The van der Waals surface area contributed by atoms with Gasteiger partial charge in [-0.2, -0.15) is 0 Å². The summed E-state index contributed by atoms with van der Waals surface area (Å²) in [5.74, 6) is 1.56. The normalized spacial score (nSPS) is 14.8. The quantitative estimate of drug-likeness (QED) is 0.214. The van der Waals surface area contributed by atoms with Crippen LogP contribution in [0.1, 0.15) is 29.5 Å². The molecular weight excluding hydrogens is 568 g/mol. The molecule has 0 spiro atoms. The minimum Gasteiger partial charge on any atom is -0.464 e. The number of allylic oxidation sites excluding steroid dienone is 1. The maximum absolute atomic E-state index is 6.64. The molecule has 0 fully saturated rings. The van der Waals surface area contributed by atoms with Crippen LogP contribution in [0.5, 0.6) is 5.75 Å². The number of pyridine rings is 2. The molecule has 0 saturated heterocycles. The lowest BCUT2D eigenvalue weighted by molar-refractivity contribution is 0.262.